The second-order valence-corrected chi connectivity index (χ2v) is 3.66. The molecule has 0 N–H and O–H groups in total. The van der Waals surface area contributed by atoms with Gasteiger partial charge in [0.25, 0.3) is 0 Å². The predicted octanol–water partition coefficient (Wildman–Crippen LogP) is 3.61. The maximum atomic E-state index is 11.9. The van der Waals surface area contributed by atoms with E-state index in [1.807, 2.05) is 43.3 Å². The Morgan fingerprint density at radius 2 is 2.06 bits per heavy atom. The first kappa shape index (κ1) is 11.4. The Morgan fingerprint density at radius 3 is 2.76 bits per heavy atom. The Balaban J connectivity index is 2.74. The van der Waals surface area contributed by atoms with Crippen molar-refractivity contribution in [2.75, 3.05) is 6.61 Å². The van der Waals surface area contributed by atoms with E-state index in [1.54, 1.807) is 0 Å². The minimum atomic E-state index is -0.106. The highest BCUT2D eigenvalue weighted by Gasteiger charge is 2.13. The molecule has 0 atom stereocenters. The van der Waals surface area contributed by atoms with Crippen molar-refractivity contribution in [2.45, 2.75) is 6.92 Å². The van der Waals surface area contributed by atoms with Crippen LogP contribution in [-0.2, 0) is 0 Å². The molecule has 0 unspecified atom stereocenters. The Hall–Kier alpha value is -2.09. The number of hydrogen-bond donors (Lipinski definition) is 0. The minimum absolute atomic E-state index is 0.106. The quantitative estimate of drug-likeness (QED) is 0.588. The molecule has 2 rings (SSSR count). The fourth-order valence-electron chi connectivity index (χ4n) is 1.88. The topological polar surface area (TPSA) is 26.3 Å². The van der Waals surface area contributed by atoms with Gasteiger partial charge in [-0.15, -0.1) is 0 Å². The highest BCUT2D eigenvalue weighted by molar-refractivity contribution is 6.15. The van der Waals surface area contributed by atoms with Gasteiger partial charge in [0.1, 0.15) is 5.75 Å². The monoisotopic (exact) mass is 226 g/mol. The number of allylic oxidation sites excluding steroid dienone is 1. The average molecular weight is 226 g/mol. The van der Waals surface area contributed by atoms with Crippen LogP contribution in [0.25, 0.3) is 10.8 Å². The number of hydrogen-bond acceptors (Lipinski definition) is 2. The highest BCUT2D eigenvalue weighted by atomic mass is 16.5. The Bertz CT molecular complexity index is 570. The summed E-state index contributed by atoms with van der Waals surface area (Å²) in [6, 6.07) is 11.6. The lowest BCUT2D eigenvalue weighted by Gasteiger charge is -2.10. The van der Waals surface area contributed by atoms with Crippen LogP contribution in [0.5, 0.6) is 5.75 Å². The maximum Gasteiger partial charge on any atom is 0.189 e. The fourth-order valence-corrected chi connectivity index (χ4v) is 1.88. The number of ether oxygens (including phenoxy) is 1. The zero-order valence-electron chi connectivity index (χ0n) is 9.77. The summed E-state index contributed by atoms with van der Waals surface area (Å²) < 4.78 is 5.50. The highest BCUT2D eigenvalue weighted by Crippen LogP contribution is 2.28. The van der Waals surface area contributed by atoms with Crippen LogP contribution in [-0.4, -0.2) is 12.4 Å². The van der Waals surface area contributed by atoms with Gasteiger partial charge in [-0.25, -0.2) is 0 Å². The molecule has 86 valence electrons. The summed E-state index contributed by atoms with van der Waals surface area (Å²) in [6.45, 7) is 5.98. The van der Waals surface area contributed by atoms with Gasteiger partial charge in [-0.2, -0.15) is 0 Å². The van der Waals surface area contributed by atoms with E-state index in [4.69, 9.17) is 4.74 Å². The van der Waals surface area contributed by atoms with Crippen molar-refractivity contribution in [3.8, 4) is 5.75 Å². The first-order valence-electron chi connectivity index (χ1n) is 5.59. The molecule has 0 spiro atoms. The Morgan fingerprint density at radius 1 is 1.29 bits per heavy atom. The van der Waals surface area contributed by atoms with Crippen molar-refractivity contribution >= 4 is 16.6 Å². The molecule has 2 aromatic rings. The summed E-state index contributed by atoms with van der Waals surface area (Å²) >= 11 is 0. The van der Waals surface area contributed by atoms with Crippen LogP contribution in [0.1, 0.15) is 17.3 Å². The van der Waals surface area contributed by atoms with Crippen LogP contribution in [0.15, 0.2) is 49.1 Å². The van der Waals surface area contributed by atoms with Crippen LogP contribution >= 0.6 is 0 Å². The van der Waals surface area contributed by atoms with Crippen molar-refractivity contribution in [1.29, 1.82) is 0 Å². The summed E-state index contributed by atoms with van der Waals surface area (Å²) in [4.78, 5) is 11.9. The molecule has 0 radical (unpaired) electrons. The summed E-state index contributed by atoms with van der Waals surface area (Å²) in [5, 5.41) is 1.93. The molecule has 2 heteroatoms. The van der Waals surface area contributed by atoms with Gasteiger partial charge in [-0.05, 0) is 29.8 Å². The lowest BCUT2D eigenvalue weighted by atomic mass is 10.0. The molecule has 0 aliphatic rings. The van der Waals surface area contributed by atoms with Gasteiger partial charge in [-0.3, -0.25) is 4.79 Å². The van der Waals surface area contributed by atoms with E-state index in [1.165, 1.54) is 6.08 Å². The third kappa shape index (κ3) is 2.07. The maximum absolute atomic E-state index is 11.9. The molecule has 0 saturated carbocycles. The van der Waals surface area contributed by atoms with Gasteiger partial charge in [0, 0.05) is 0 Å². The SMILES string of the molecule is C=CC(=O)c1c(OCC)ccc2ccccc12. The number of fused-ring (bicyclic) bond motifs is 1. The average Bonchev–Trinajstić information content (AvgIpc) is 2.38. The molecule has 17 heavy (non-hydrogen) atoms. The summed E-state index contributed by atoms with van der Waals surface area (Å²) in [5.41, 5.74) is 0.597. The number of rotatable bonds is 4. The van der Waals surface area contributed by atoms with Crippen molar-refractivity contribution in [3.05, 3.63) is 54.6 Å². The molecular formula is C15H14O2. The van der Waals surface area contributed by atoms with Crippen LogP contribution in [0.3, 0.4) is 0 Å². The number of benzene rings is 2. The van der Waals surface area contributed by atoms with E-state index >= 15 is 0 Å². The van der Waals surface area contributed by atoms with E-state index in [0.29, 0.717) is 17.9 Å². The first-order chi connectivity index (χ1) is 8.27. The molecule has 0 aliphatic heterocycles. The Labute approximate surface area is 101 Å². The van der Waals surface area contributed by atoms with E-state index in [-0.39, 0.29) is 5.78 Å². The molecule has 0 amide bonds. The number of carbonyl (C=O) groups is 1. The molecular weight excluding hydrogens is 212 g/mol. The van der Waals surface area contributed by atoms with E-state index in [2.05, 4.69) is 6.58 Å². The number of ketones is 1. The molecule has 0 aromatic heterocycles. The minimum Gasteiger partial charge on any atom is -0.493 e. The summed E-state index contributed by atoms with van der Waals surface area (Å²) in [6.07, 6.45) is 1.32. The molecule has 2 aromatic carbocycles. The standard InChI is InChI=1S/C15H14O2/c1-3-13(16)15-12-8-6-5-7-11(12)9-10-14(15)17-4-2/h3,5-10H,1,4H2,2H3. The second kappa shape index (κ2) is 4.83. The molecule has 0 aliphatic carbocycles. The predicted molar refractivity (Wildman–Crippen MR) is 69.6 cm³/mol. The molecule has 0 fully saturated rings. The summed E-state index contributed by atoms with van der Waals surface area (Å²) in [7, 11) is 0. The largest absolute Gasteiger partial charge is 0.493 e. The molecule has 0 bridgehead atoms. The fraction of sp³-hybridized carbons (Fsp3) is 0.133. The lowest BCUT2D eigenvalue weighted by molar-refractivity contribution is 0.104. The van der Waals surface area contributed by atoms with Crippen LogP contribution in [0, 0.1) is 0 Å². The van der Waals surface area contributed by atoms with Crippen molar-refractivity contribution in [3.63, 3.8) is 0 Å². The van der Waals surface area contributed by atoms with Gasteiger partial charge in [0.2, 0.25) is 0 Å². The van der Waals surface area contributed by atoms with Crippen molar-refractivity contribution in [2.24, 2.45) is 0 Å². The van der Waals surface area contributed by atoms with Crippen LogP contribution in [0.2, 0.25) is 0 Å². The third-order valence-electron chi connectivity index (χ3n) is 2.62. The molecule has 0 heterocycles. The van der Waals surface area contributed by atoms with Gasteiger partial charge < -0.3 is 4.74 Å². The lowest BCUT2D eigenvalue weighted by Crippen LogP contribution is -2.02. The normalized spacial score (nSPS) is 10.2. The smallest absolute Gasteiger partial charge is 0.189 e. The van der Waals surface area contributed by atoms with Gasteiger partial charge in [0.15, 0.2) is 5.78 Å². The van der Waals surface area contributed by atoms with E-state index < -0.39 is 0 Å². The van der Waals surface area contributed by atoms with Crippen molar-refractivity contribution < 1.29 is 9.53 Å². The molecule has 0 saturated heterocycles. The van der Waals surface area contributed by atoms with Crippen molar-refractivity contribution in [1.82, 2.24) is 0 Å². The third-order valence-corrected chi connectivity index (χ3v) is 2.62. The van der Waals surface area contributed by atoms with Gasteiger partial charge in [-0.1, -0.05) is 36.9 Å². The summed E-state index contributed by atoms with van der Waals surface area (Å²) in [5.74, 6) is 0.515. The first-order valence-corrected chi connectivity index (χ1v) is 5.59. The van der Waals surface area contributed by atoms with Gasteiger partial charge >= 0.3 is 0 Å². The zero-order valence-corrected chi connectivity index (χ0v) is 9.77. The molecule has 2 nitrogen and oxygen atoms in total. The zero-order chi connectivity index (χ0) is 12.3. The van der Waals surface area contributed by atoms with Crippen LogP contribution < -0.4 is 4.74 Å². The van der Waals surface area contributed by atoms with E-state index in [0.717, 1.165) is 10.8 Å². The second-order valence-electron chi connectivity index (χ2n) is 3.66. The Kier molecular flexibility index (Phi) is 3.24. The number of carbonyl (C=O) groups excluding carboxylic acids is 1. The van der Waals surface area contributed by atoms with E-state index in [9.17, 15) is 4.79 Å². The van der Waals surface area contributed by atoms with Crippen LogP contribution in [0.4, 0.5) is 0 Å². The van der Waals surface area contributed by atoms with Gasteiger partial charge in [0.05, 0.1) is 12.2 Å².